The van der Waals surface area contributed by atoms with Crippen molar-refractivity contribution < 1.29 is 4.39 Å². The normalized spacial score (nSPS) is 36.9. The van der Waals surface area contributed by atoms with Gasteiger partial charge in [-0.2, -0.15) is 0 Å². The van der Waals surface area contributed by atoms with Crippen molar-refractivity contribution in [3.05, 3.63) is 12.2 Å². The maximum Gasteiger partial charge on any atom is 0.172 e. The summed E-state index contributed by atoms with van der Waals surface area (Å²) < 4.78 is 12.5. The predicted octanol–water partition coefficient (Wildman–Crippen LogP) is 1.47. The molecule has 2 atom stereocenters. The summed E-state index contributed by atoms with van der Waals surface area (Å²) in [6, 6.07) is 0. The number of hydrogen-bond acceptors (Lipinski definition) is 1. The van der Waals surface area contributed by atoms with Crippen LogP contribution < -0.4 is 5.32 Å². The van der Waals surface area contributed by atoms with E-state index >= 15 is 0 Å². The van der Waals surface area contributed by atoms with Crippen LogP contribution in [0.25, 0.3) is 0 Å². The van der Waals surface area contributed by atoms with E-state index in [1.807, 2.05) is 0 Å². The first kappa shape index (κ1) is 6.75. The minimum atomic E-state index is -0.957. The Kier molecular flexibility index (Phi) is 1.86. The van der Waals surface area contributed by atoms with Gasteiger partial charge in [0.25, 0.3) is 0 Å². The molecule has 9 heavy (non-hydrogen) atoms. The first-order valence-electron chi connectivity index (χ1n) is 3.25. The third-order valence-electron chi connectivity index (χ3n) is 1.61. The lowest BCUT2D eigenvalue weighted by atomic mass is 9.98. The minimum absolute atomic E-state index is 0.546. The van der Waals surface area contributed by atoms with Gasteiger partial charge in [-0.15, -0.1) is 0 Å². The molecule has 1 heterocycles. The number of hydrogen-bond donors (Lipinski definition) is 1. The number of rotatable bonds is 0. The zero-order valence-corrected chi connectivity index (χ0v) is 5.65. The van der Waals surface area contributed by atoms with E-state index < -0.39 is 6.30 Å². The van der Waals surface area contributed by atoms with Gasteiger partial charge < -0.3 is 0 Å². The maximum atomic E-state index is 12.5. The lowest BCUT2D eigenvalue weighted by molar-refractivity contribution is 0.257. The largest absolute Gasteiger partial charge is 0.284 e. The van der Waals surface area contributed by atoms with Crippen molar-refractivity contribution in [3.63, 3.8) is 0 Å². The van der Waals surface area contributed by atoms with E-state index in [1.165, 1.54) is 0 Å². The summed E-state index contributed by atoms with van der Waals surface area (Å²) >= 11 is 0. The molecule has 52 valence electrons. The van der Waals surface area contributed by atoms with Crippen molar-refractivity contribution in [2.24, 2.45) is 5.92 Å². The van der Waals surface area contributed by atoms with Crippen LogP contribution in [0.3, 0.4) is 0 Å². The standard InChI is InChI=1S/C7H12FN/c1-5-3-6(2)7(8)9-4-5/h5,7,9H,2-4H2,1H3. The molecule has 2 heteroatoms. The Morgan fingerprint density at radius 1 is 1.78 bits per heavy atom. The molecule has 0 aliphatic carbocycles. The molecule has 0 amide bonds. The van der Waals surface area contributed by atoms with Gasteiger partial charge in [0.05, 0.1) is 0 Å². The molecule has 1 saturated heterocycles. The molecule has 1 N–H and O–H groups in total. The lowest BCUT2D eigenvalue weighted by Crippen LogP contribution is -2.36. The molecule has 1 rings (SSSR count). The van der Waals surface area contributed by atoms with E-state index in [0.717, 1.165) is 13.0 Å². The summed E-state index contributed by atoms with van der Waals surface area (Å²) in [5.74, 6) is 0.546. The summed E-state index contributed by atoms with van der Waals surface area (Å²) in [6.45, 7) is 6.47. The third-order valence-corrected chi connectivity index (χ3v) is 1.61. The molecule has 0 aromatic rings. The SMILES string of the molecule is C=C1CC(C)CNC1F. The maximum absolute atomic E-state index is 12.5. The van der Waals surface area contributed by atoms with E-state index in [-0.39, 0.29) is 0 Å². The van der Waals surface area contributed by atoms with E-state index in [4.69, 9.17) is 0 Å². The highest BCUT2D eigenvalue weighted by Gasteiger charge is 2.19. The highest BCUT2D eigenvalue weighted by molar-refractivity contribution is 5.04. The second kappa shape index (κ2) is 2.48. The molecule has 1 aliphatic heterocycles. The average molecular weight is 129 g/mol. The Balaban J connectivity index is 2.44. The van der Waals surface area contributed by atoms with Crippen LogP contribution in [0, 0.1) is 5.92 Å². The first-order valence-corrected chi connectivity index (χ1v) is 3.25. The van der Waals surface area contributed by atoms with Crippen molar-refractivity contribution >= 4 is 0 Å². The van der Waals surface area contributed by atoms with E-state index in [1.54, 1.807) is 0 Å². The van der Waals surface area contributed by atoms with Crippen molar-refractivity contribution in [2.75, 3.05) is 6.54 Å². The number of piperidine rings is 1. The van der Waals surface area contributed by atoms with E-state index in [9.17, 15) is 4.39 Å². The van der Waals surface area contributed by atoms with Crippen molar-refractivity contribution in [1.82, 2.24) is 5.32 Å². The Hall–Kier alpha value is -0.370. The van der Waals surface area contributed by atoms with Crippen LogP contribution in [-0.4, -0.2) is 12.8 Å². The highest BCUT2D eigenvalue weighted by atomic mass is 19.1. The highest BCUT2D eigenvalue weighted by Crippen LogP contribution is 2.18. The van der Waals surface area contributed by atoms with Crippen molar-refractivity contribution in [1.29, 1.82) is 0 Å². The molecule has 1 fully saturated rings. The van der Waals surface area contributed by atoms with Gasteiger partial charge in [0.1, 0.15) is 0 Å². The van der Waals surface area contributed by atoms with Gasteiger partial charge in [0, 0.05) is 6.54 Å². The van der Waals surface area contributed by atoms with Gasteiger partial charge in [0.2, 0.25) is 0 Å². The van der Waals surface area contributed by atoms with Gasteiger partial charge in [-0.1, -0.05) is 13.5 Å². The molecular formula is C7H12FN. The van der Waals surface area contributed by atoms with Crippen molar-refractivity contribution in [2.45, 2.75) is 19.6 Å². The summed E-state index contributed by atoms with van der Waals surface area (Å²) in [7, 11) is 0. The molecule has 1 aliphatic rings. The van der Waals surface area contributed by atoms with Crippen LogP contribution in [0.2, 0.25) is 0 Å². The fourth-order valence-corrected chi connectivity index (χ4v) is 1.07. The Morgan fingerprint density at radius 3 is 2.89 bits per heavy atom. The summed E-state index contributed by atoms with van der Waals surface area (Å²) in [6.07, 6.45) is -0.130. The van der Waals surface area contributed by atoms with Crippen molar-refractivity contribution in [3.8, 4) is 0 Å². The van der Waals surface area contributed by atoms with Crippen LogP contribution in [-0.2, 0) is 0 Å². The van der Waals surface area contributed by atoms with Crippen LogP contribution >= 0.6 is 0 Å². The number of halogens is 1. The Bertz CT molecular complexity index is 122. The average Bonchev–Trinajstić information content (AvgIpc) is 1.80. The third kappa shape index (κ3) is 1.52. The Morgan fingerprint density at radius 2 is 2.44 bits per heavy atom. The van der Waals surface area contributed by atoms with Gasteiger partial charge in [0.15, 0.2) is 6.30 Å². The topological polar surface area (TPSA) is 12.0 Å². The summed E-state index contributed by atoms with van der Waals surface area (Å²) in [4.78, 5) is 0. The quantitative estimate of drug-likeness (QED) is 0.386. The lowest BCUT2D eigenvalue weighted by Gasteiger charge is -2.24. The fourth-order valence-electron chi connectivity index (χ4n) is 1.07. The minimum Gasteiger partial charge on any atom is -0.284 e. The zero-order chi connectivity index (χ0) is 6.85. The summed E-state index contributed by atoms with van der Waals surface area (Å²) in [5.41, 5.74) is 0.689. The van der Waals surface area contributed by atoms with E-state index in [2.05, 4.69) is 18.8 Å². The van der Waals surface area contributed by atoms with Crippen LogP contribution in [0.15, 0.2) is 12.2 Å². The molecule has 0 aromatic heterocycles. The van der Waals surface area contributed by atoms with Crippen LogP contribution in [0.5, 0.6) is 0 Å². The zero-order valence-electron chi connectivity index (χ0n) is 5.65. The second-order valence-corrected chi connectivity index (χ2v) is 2.74. The fraction of sp³-hybridized carbons (Fsp3) is 0.714. The molecule has 0 radical (unpaired) electrons. The molecule has 2 unspecified atom stereocenters. The predicted molar refractivity (Wildman–Crippen MR) is 35.8 cm³/mol. The van der Waals surface area contributed by atoms with Crippen LogP contribution in [0.1, 0.15) is 13.3 Å². The molecule has 0 bridgehead atoms. The molecule has 0 spiro atoms. The number of nitrogens with one attached hydrogen (secondary N) is 1. The molecular weight excluding hydrogens is 117 g/mol. The molecule has 0 aromatic carbocycles. The molecule has 1 nitrogen and oxygen atoms in total. The monoisotopic (exact) mass is 129 g/mol. The first-order chi connectivity index (χ1) is 4.20. The van der Waals surface area contributed by atoms with Gasteiger partial charge >= 0.3 is 0 Å². The van der Waals surface area contributed by atoms with Gasteiger partial charge in [-0.3, -0.25) is 5.32 Å². The smallest absolute Gasteiger partial charge is 0.172 e. The van der Waals surface area contributed by atoms with E-state index in [0.29, 0.717) is 11.5 Å². The summed E-state index contributed by atoms with van der Waals surface area (Å²) in [5, 5.41) is 2.72. The van der Waals surface area contributed by atoms with Gasteiger partial charge in [-0.05, 0) is 17.9 Å². The van der Waals surface area contributed by atoms with Gasteiger partial charge in [-0.25, -0.2) is 4.39 Å². The van der Waals surface area contributed by atoms with Crippen LogP contribution in [0.4, 0.5) is 4.39 Å². The second-order valence-electron chi connectivity index (χ2n) is 2.74. The number of alkyl halides is 1. The molecule has 0 saturated carbocycles. The Labute approximate surface area is 54.9 Å².